The maximum absolute atomic E-state index is 12.5. The van der Waals surface area contributed by atoms with Crippen LogP contribution >= 0.6 is 22.0 Å². The Labute approximate surface area is 133 Å². The molecule has 1 aromatic rings. The van der Waals surface area contributed by atoms with E-state index in [0.29, 0.717) is 35.4 Å². The van der Waals surface area contributed by atoms with E-state index in [1.807, 2.05) is 0 Å². The van der Waals surface area contributed by atoms with Crippen LogP contribution in [0.1, 0.15) is 27.4 Å². The minimum atomic E-state index is -3.80. The standard InChI is InChI=1S/C13H18ClNO4S2/c1-9-12(21(14,17)18)6-11(20-9)13(16)15-5-3-4-10(7-15)8-19-2/h6,10H,3-5,7-8H2,1-2H3. The van der Waals surface area contributed by atoms with Crippen molar-refractivity contribution in [3.05, 3.63) is 15.8 Å². The zero-order chi connectivity index (χ0) is 15.6. The van der Waals surface area contributed by atoms with E-state index in [1.54, 1.807) is 18.9 Å². The number of thiophene rings is 1. The van der Waals surface area contributed by atoms with Crippen molar-refractivity contribution in [2.45, 2.75) is 24.7 Å². The molecule has 5 nitrogen and oxygen atoms in total. The van der Waals surface area contributed by atoms with Gasteiger partial charge in [0, 0.05) is 35.8 Å². The number of halogens is 1. The van der Waals surface area contributed by atoms with Crippen LogP contribution in [0.4, 0.5) is 0 Å². The third-order valence-electron chi connectivity index (χ3n) is 3.55. The molecule has 8 heteroatoms. The van der Waals surface area contributed by atoms with Gasteiger partial charge in [-0.15, -0.1) is 11.3 Å². The summed E-state index contributed by atoms with van der Waals surface area (Å²) in [4.78, 5) is 15.3. The van der Waals surface area contributed by atoms with Crippen LogP contribution in [-0.4, -0.2) is 46.0 Å². The smallest absolute Gasteiger partial charge is 0.263 e. The van der Waals surface area contributed by atoms with Gasteiger partial charge in [-0.2, -0.15) is 0 Å². The zero-order valence-electron chi connectivity index (χ0n) is 12.0. The normalized spacial score (nSPS) is 19.8. The zero-order valence-corrected chi connectivity index (χ0v) is 14.4. The quantitative estimate of drug-likeness (QED) is 0.782. The van der Waals surface area contributed by atoms with Crippen molar-refractivity contribution in [2.24, 2.45) is 5.92 Å². The number of hydrogen-bond acceptors (Lipinski definition) is 5. The summed E-state index contributed by atoms with van der Waals surface area (Å²) in [6.07, 6.45) is 1.98. The Morgan fingerprint density at radius 2 is 2.29 bits per heavy atom. The molecule has 1 aliphatic heterocycles. The molecule has 21 heavy (non-hydrogen) atoms. The van der Waals surface area contributed by atoms with Gasteiger partial charge in [-0.05, 0) is 31.7 Å². The summed E-state index contributed by atoms with van der Waals surface area (Å²) >= 11 is 1.17. The number of aryl methyl sites for hydroxylation is 1. The molecule has 1 aliphatic rings. The first-order valence-electron chi connectivity index (χ1n) is 6.66. The van der Waals surface area contributed by atoms with Crippen molar-refractivity contribution in [1.29, 1.82) is 0 Å². The first kappa shape index (κ1) is 16.7. The molecule has 118 valence electrons. The molecular formula is C13H18ClNO4S2. The minimum Gasteiger partial charge on any atom is -0.384 e. The molecular weight excluding hydrogens is 334 g/mol. The Morgan fingerprint density at radius 1 is 1.57 bits per heavy atom. The van der Waals surface area contributed by atoms with Crippen LogP contribution in [0.5, 0.6) is 0 Å². The number of nitrogens with zero attached hydrogens (tertiary/aromatic N) is 1. The summed E-state index contributed by atoms with van der Waals surface area (Å²) < 4.78 is 28.0. The SMILES string of the molecule is COCC1CCCN(C(=O)c2cc(S(=O)(=O)Cl)c(C)s2)C1. The van der Waals surface area contributed by atoms with E-state index < -0.39 is 9.05 Å². The van der Waals surface area contributed by atoms with Crippen molar-refractivity contribution in [3.8, 4) is 0 Å². The molecule has 0 saturated carbocycles. The van der Waals surface area contributed by atoms with E-state index in [4.69, 9.17) is 15.4 Å². The molecule has 0 aromatic carbocycles. The second-order valence-electron chi connectivity index (χ2n) is 5.18. The van der Waals surface area contributed by atoms with Crippen LogP contribution in [0.25, 0.3) is 0 Å². The summed E-state index contributed by atoms with van der Waals surface area (Å²) in [6, 6.07) is 1.38. The van der Waals surface area contributed by atoms with Crippen LogP contribution < -0.4 is 0 Å². The largest absolute Gasteiger partial charge is 0.384 e. The fourth-order valence-electron chi connectivity index (χ4n) is 2.59. The van der Waals surface area contributed by atoms with Gasteiger partial charge in [-0.3, -0.25) is 4.79 Å². The Morgan fingerprint density at radius 3 is 2.86 bits per heavy atom. The molecule has 2 heterocycles. The van der Waals surface area contributed by atoms with Gasteiger partial charge < -0.3 is 9.64 Å². The number of carbonyl (C=O) groups excluding carboxylic acids is 1. The topological polar surface area (TPSA) is 63.7 Å². The van der Waals surface area contributed by atoms with E-state index in [0.717, 1.165) is 12.8 Å². The molecule has 0 bridgehead atoms. The summed E-state index contributed by atoms with van der Waals surface area (Å²) in [5, 5.41) is 0. The van der Waals surface area contributed by atoms with Crippen LogP contribution in [0, 0.1) is 12.8 Å². The average Bonchev–Trinajstić information content (AvgIpc) is 2.81. The second-order valence-corrected chi connectivity index (χ2v) is 8.97. The molecule has 0 radical (unpaired) electrons. The highest BCUT2D eigenvalue weighted by atomic mass is 35.7. The summed E-state index contributed by atoms with van der Waals surface area (Å²) in [7, 11) is 3.22. The lowest BCUT2D eigenvalue weighted by Gasteiger charge is -2.32. The van der Waals surface area contributed by atoms with Gasteiger partial charge in [0.1, 0.15) is 0 Å². The average molecular weight is 352 g/mol. The lowest BCUT2D eigenvalue weighted by atomic mass is 9.99. The number of likely N-dealkylation sites (tertiary alicyclic amines) is 1. The number of carbonyl (C=O) groups is 1. The van der Waals surface area contributed by atoms with E-state index in [-0.39, 0.29) is 10.8 Å². The van der Waals surface area contributed by atoms with Crippen LogP contribution in [0.3, 0.4) is 0 Å². The predicted molar refractivity (Wildman–Crippen MR) is 82.6 cm³/mol. The van der Waals surface area contributed by atoms with Crippen molar-refractivity contribution in [2.75, 3.05) is 26.8 Å². The molecule has 1 atom stereocenters. The van der Waals surface area contributed by atoms with Crippen LogP contribution in [0.2, 0.25) is 0 Å². The lowest BCUT2D eigenvalue weighted by Crippen LogP contribution is -2.40. The lowest BCUT2D eigenvalue weighted by molar-refractivity contribution is 0.0575. The van der Waals surface area contributed by atoms with Gasteiger partial charge in [-0.1, -0.05) is 0 Å². The highest BCUT2D eigenvalue weighted by Gasteiger charge is 2.27. The predicted octanol–water partition coefficient (Wildman–Crippen LogP) is 2.48. The van der Waals surface area contributed by atoms with Crippen molar-refractivity contribution >= 4 is 37.0 Å². The summed E-state index contributed by atoms with van der Waals surface area (Å²) in [6.45, 7) is 3.63. The van der Waals surface area contributed by atoms with Gasteiger partial charge in [0.05, 0.1) is 16.4 Å². The minimum absolute atomic E-state index is 0.0305. The maximum Gasteiger partial charge on any atom is 0.263 e. The van der Waals surface area contributed by atoms with Gasteiger partial charge in [0.25, 0.3) is 15.0 Å². The highest BCUT2D eigenvalue weighted by molar-refractivity contribution is 8.13. The van der Waals surface area contributed by atoms with Crippen LogP contribution in [-0.2, 0) is 13.8 Å². The van der Waals surface area contributed by atoms with E-state index in [2.05, 4.69) is 0 Å². The first-order valence-corrected chi connectivity index (χ1v) is 9.79. The molecule has 1 unspecified atom stereocenters. The molecule has 1 aromatic heterocycles. The molecule has 0 aliphatic carbocycles. The summed E-state index contributed by atoms with van der Waals surface area (Å²) in [5.74, 6) is 0.209. The van der Waals surface area contributed by atoms with E-state index in [9.17, 15) is 13.2 Å². The number of rotatable bonds is 4. The van der Waals surface area contributed by atoms with Gasteiger partial charge >= 0.3 is 0 Å². The molecule has 1 saturated heterocycles. The summed E-state index contributed by atoms with van der Waals surface area (Å²) in [5.41, 5.74) is 0. The number of hydrogen-bond donors (Lipinski definition) is 0. The van der Waals surface area contributed by atoms with Crippen molar-refractivity contribution in [3.63, 3.8) is 0 Å². The Hall–Kier alpha value is -0.630. The molecule has 1 fully saturated rings. The van der Waals surface area contributed by atoms with Crippen molar-refractivity contribution in [1.82, 2.24) is 4.90 Å². The fraction of sp³-hybridized carbons (Fsp3) is 0.615. The number of methoxy groups -OCH3 is 1. The monoisotopic (exact) mass is 351 g/mol. The Bertz CT molecular complexity index is 624. The molecule has 0 spiro atoms. The van der Waals surface area contributed by atoms with E-state index >= 15 is 0 Å². The van der Waals surface area contributed by atoms with Gasteiger partial charge in [0.15, 0.2) is 0 Å². The van der Waals surface area contributed by atoms with Gasteiger partial charge in [-0.25, -0.2) is 8.42 Å². The molecule has 1 amide bonds. The highest BCUT2D eigenvalue weighted by Crippen LogP contribution is 2.30. The maximum atomic E-state index is 12.5. The van der Waals surface area contributed by atoms with Crippen LogP contribution in [0.15, 0.2) is 11.0 Å². The number of ether oxygens (including phenoxy) is 1. The molecule has 2 rings (SSSR count). The Kier molecular flexibility index (Phi) is 5.29. The number of piperidine rings is 1. The Balaban J connectivity index is 2.17. The fourth-order valence-corrected chi connectivity index (χ4v) is 5.22. The van der Waals surface area contributed by atoms with E-state index in [1.165, 1.54) is 17.4 Å². The molecule has 0 N–H and O–H groups in total. The van der Waals surface area contributed by atoms with Gasteiger partial charge in [0.2, 0.25) is 0 Å². The number of amides is 1. The first-order chi connectivity index (χ1) is 9.82. The third kappa shape index (κ3) is 3.97. The second kappa shape index (κ2) is 6.64. The van der Waals surface area contributed by atoms with Crippen molar-refractivity contribution < 1.29 is 17.9 Å². The third-order valence-corrected chi connectivity index (χ3v) is 6.17.